The zero-order valence-corrected chi connectivity index (χ0v) is 11.5. The number of hydrogen-bond donors (Lipinski definition) is 0. The molecule has 2 rings (SSSR count). The van der Waals surface area contributed by atoms with Crippen LogP contribution in [0, 0.1) is 5.92 Å². The molecule has 0 saturated carbocycles. The van der Waals surface area contributed by atoms with Gasteiger partial charge < -0.3 is 9.32 Å². The highest BCUT2D eigenvalue weighted by Gasteiger charge is 2.24. The van der Waals surface area contributed by atoms with Gasteiger partial charge in [-0.15, -0.1) is 0 Å². The van der Waals surface area contributed by atoms with Gasteiger partial charge in [0.15, 0.2) is 5.76 Å². The summed E-state index contributed by atoms with van der Waals surface area (Å²) in [7, 11) is 0. The van der Waals surface area contributed by atoms with Crippen LogP contribution in [-0.2, 0) is 4.79 Å². The molecule has 5 nitrogen and oxygen atoms in total. The van der Waals surface area contributed by atoms with E-state index >= 15 is 0 Å². The highest BCUT2D eigenvalue weighted by atomic mass is 16.3. The number of nitrogens with zero attached hydrogens (tertiary/aromatic N) is 2. The van der Waals surface area contributed by atoms with Crippen LogP contribution >= 0.6 is 0 Å². The van der Waals surface area contributed by atoms with Crippen molar-refractivity contribution in [2.24, 2.45) is 5.92 Å². The van der Waals surface area contributed by atoms with E-state index in [2.05, 4.69) is 4.90 Å². The van der Waals surface area contributed by atoms with Gasteiger partial charge in [-0.2, -0.15) is 0 Å². The molecule has 1 aromatic heterocycles. The summed E-state index contributed by atoms with van der Waals surface area (Å²) in [6.07, 6.45) is 1.51. The fraction of sp³-hybridized carbons (Fsp3) is 0.571. The van der Waals surface area contributed by atoms with Crippen molar-refractivity contribution in [3.8, 4) is 0 Å². The van der Waals surface area contributed by atoms with E-state index in [0.29, 0.717) is 25.4 Å². The first-order valence-corrected chi connectivity index (χ1v) is 6.66. The van der Waals surface area contributed by atoms with Gasteiger partial charge in [-0.25, -0.2) is 0 Å². The smallest absolute Gasteiger partial charge is 0.225 e. The van der Waals surface area contributed by atoms with Gasteiger partial charge in [-0.3, -0.25) is 14.5 Å². The molecule has 0 aromatic carbocycles. The molecular formula is C14H20N2O3. The summed E-state index contributed by atoms with van der Waals surface area (Å²) >= 11 is 0. The topological polar surface area (TPSA) is 53.8 Å². The van der Waals surface area contributed by atoms with E-state index < -0.39 is 0 Å². The third-order valence-corrected chi connectivity index (χ3v) is 3.34. The number of amides is 1. The van der Waals surface area contributed by atoms with E-state index in [1.54, 1.807) is 12.1 Å². The molecule has 19 heavy (non-hydrogen) atoms. The van der Waals surface area contributed by atoms with Gasteiger partial charge in [0.25, 0.3) is 0 Å². The van der Waals surface area contributed by atoms with Gasteiger partial charge in [0.2, 0.25) is 11.7 Å². The summed E-state index contributed by atoms with van der Waals surface area (Å²) in [5.41, 5.74) is 0. The predicted octanol–water partition coefficient (Wildman–Crippen LogP) is 1.26. The molecule has 1 aliphatic rings. The predicted molar refractivity (Wildman–Crippen MR) is 70.9 cm³/mol. The summed E-state index contributed by atoms with van der Waals surface area (Å²) in [4.78, 5) is 27.7. The van der Waals surface area contributed by atoms with Crippen molar-refractivity contribution in [1.82, 2.24) is 9.80 Å². The molecular weight excluding hydrogens is 244 g/mol. The number of ketones is 1. The number of hydrogen-bond acceptors (Lipinski definition) is 4. The Morgan fingerprint density at radius 2 is 1.95 bits per heavy atom. The maximum Gasteiger partial charge on any atom is 0.225 e. The third kappa shape index (κ3) is 3.44. The van der Waals surface area contributed by atoms with Crippen molar-refractivity contribution in [2.45, 2.75) is 13.8 Å². The maximum absolute atomic E-state index is 11.9. The average molecular weight is 264 g/mol. The standard InChI is InChI=1S/C14H20N2O3/c1-11(2)14(18)16-7-5-15(6-8-16)10-12(17)13-4-3-9-19-13/h3-4,9,11H,5-8,10H2,1-2H3. The molecule has 0 aliphatic carbocycles. The molecule has 1 amide bonds. The lowest BCUT2D eigenvalue weighted by molar-refractivity contribution is -0.136. The minimum Gasteiger partial charge on any atom is -0.461 e. The molecule has 1 saturated heterocycles. The van der Waals surface area contributed by atoms with E-state index in [1.165, 1.54) is 6.26 Å². The zero-order chi connectivity index (χ0) is 13.8. The Bertz CT molecular complexity index is 432. The highest BCUT2D eigenvalue weighted by molar-refractivity contribution is 5.95. The lowest BCUT2D eigenvalue weighted by Crippen LogP contribution is -2.50. The quantitative estimate of drug-likeness (QED) is 0.768. The first kappa shape index (κ1) is 13.8. The van der Waals surface area contributed by atoms with Gasteiger partial charge in [0.05, 0.1) is 12.8 Å². The molecule has 5 heteroatoms. The number of carbonyl (C=O) groups excluding carboxylic acids is 2. The molecule has 0 spiro atoms. The normalized spacial score (nSPS) is 16.9. The first-order chi connectivity index (χ1) is 9.08. The van der Waals surface area contributed by atoms with Gasteiger partial charge in [0, 0.05) is 32.1 Å². The Morgan fingerprint density at radius 1 is 1.26 bits per heavy atom. The van der Waals surface area contributed by atoms with Crippen molar-refractivity contribution in [2.75, 3.05) is 32.7 Å². The lowest BCUT2D eigenvalue weighted by Gasteiger charge is -2.35. The summed E-state index contributed by atoms with van der Waals surface area (Å²) in [6.45, 7) is 7.06. The lowest BCUT2D eigenvalue weighted by atomic mass is 10.1. The van der Waals surface area contributed by atoms with Crippen LogP contribution in [0.2, 0.25) is 0 Å². The SMILES string of the molecule is CC(C)C(=O)N1CCN(CC(=O)c2ccco2)CC1. The number of Topliss-reactive ketones (excluding diaryl/α,β-unsaturated/α-hetero) is 1. The molecule has 0 N–H and O–H groups in total. The Labute approximate surface area is 113 Å². The third-order valence-electron chi connectivity index (χ3n) is 3.34. The van der Waals surface area contributed by atoms with Crippen LogP contribution in [0.15, 0.2) is 22.8 Å². The van der Waals surface area contributed by atoms with Crippen LogP contribution in [-0.4, -0.2) is 54.2 Å². The second-order valence-electron chi connectivity index (χ2n) is 5.16. The Kier molecular flexibility index (Phi) is 4.37. The Hall–Kier alpha value is -1.62. The largest absolute Gasteiger partial charge is 0.461 e. The minimum absolute atomic E-state index is 0.00589. The molecule has 2 heterocycles. The second-order valence-corrected chi connectivity index (χ2v) is 5.16. The summed E-state index contributed by atoms with van der Waals surface area (Å²) in [5, 5.41) is 0. The van der Waals surface area contributed by atoms with Crippen molar-refractivity contribution in [1.29, 1.82) is 0 Å². The fourth-order valence-electron chi connectivity index (χ4n) is 2.21. The number of furan rings is 1. The Morgan fingerprint density at radius 3 is 2.47 bits per heavy atom. The Balaban J connectivity index is 1.81. The number of carbonyl (C=O) groups is 2. The van der Waals surface area contributed by atoms with Crippen LogP contribution in [0.4, 0.5) is 0 Å². The molecule has 0 radical (unpaired) electrons. The molecule has 1 fully saturated rings. The van der Waals surface area contributed by atoms with E-state index in [0.717, 1.165) is 13.1 Å². The summed E-state index contributed by atoms with van der Waals surface area (Å²) in [6, 6.07) is 3.40. The van der Waals surface area contributed by atoms with Gasteiger partial charge >= 0.3 is 0 Å². The molecule has 0 bridgehead atoms. The summed E-state index contributed by atoms with van der Waals surface area (Å²) < 4.78 is 5.09. The summed E-state index contributed by atoms with van der Waals surface area (Å²) in [5.74, 6) is 0.627. The first-order valence-electron chi connectivity index (χ1n) is 6.66. The fourth-order valence-corrected chi connectivity index (χ4v) is 2.21. The number of piperazine rings is 1. The highest BCUT2D eigenvalue weighted by Crippen LogP contribution is 2.09. The van der Waals surface area contributed by atoms with Crippen LogP contribution in [0.5, 0.6) is 0 Å². The van der Waals surface area contributed by atoms with Crippen molar-refractivity contribution in [3.05, 3.63) is 24.2 Å². The van der Waals surface area contributed by atoms with Crippen LogP contribution in [0.1, 0.15) is 24.4 Å². The molecule has 1 aromatic rings. The second kappa shape index (κ2) is 6.02. The van der Waals surface area contributed by atoms with Crippen molar-refractivity contribution in [3.63, 3.8) is 0 Å². The molecule has 1 aliphatic heterocycles. The molecule has 104 valence electrons. The van der Waals surface area contributed by atoms with E-state index in [9.17, 15) is 9.59 Å². The van der Waals surface area contributed by atoms with Crippen molar-refractivity contribution < 1.29 is 14.0 Å². The minimum atomic E-state index is -0.00589. The van der Waals surface area contributed by atoms with E-state index in [4.69, 9.17) is 4.42 Å². The van der Waals surface area contributed by atoms with Crippen LogP contribution in [0.3, 0.4) is 0 Å². The van der Waals surface area contributed by atoms with Crippen LogP contribution in [0.25, 0.3) is 0 Å². The van der Waals surface area contributed by atoms with Gasteiger partial charge in [-0.1, -0.05) is 13.8 Å². The van der Waals surface area contributed by atoms with E-state index in [-0.39, 0.29) is 17.6 Å². The van der Waals surface area contributed by atoms with Gasteiger partial charge in [-0.05, 0) is 12.1 Å². The van der Waals surface area contributed by atoms with Crippen LogP contribution < -0.4 is 0 Å². The maximum atomic E-state index is 11.9. The molecule has 0 atom stereocenters. The average Bonchev–Trinajstić information content (AvgIpc) is 2.92. The monoisotopic (exact) mass is 264 g/mol. The number of rotatable bonds is 4. The van der Waals surface area contributed by atoms with E-state index in [1.807, 2.05) is 18.7 Å². The van der Waals surface area contributed by atoms with Crippen molar-refractivity contribution >= 4 is 11.7 Å². The zero-order valence-electron chi connectivity index (χ0n) is 11.5. The van der Waals surface area contributed by atoms with Gasteiger partial charge in [0.1, 0.15) is 0 Å². The molecule has 0 unspecified atom stereocenters.